The molecule has 1 aromatic rings. The molecule has 0 aliphatic heterocycles. The number of hydrogen-bond donors (Lipinski definition) is 2. The second-order valence-corrected chi connectivity index (χ2v) is 4.73. The summed E-state index contributed by atoms with van der Waals surface area (Å²) in [5, 5.41) is 2.19. The van der Waals surface area contributed by atoms with Crippen molar-refractivity contribution in [1.82, 2.24) is 0 Å². The molecule has 1 heterocycles. The van der Waals surface area contributed by atoms with E-state index in [0.717, 1.165) is 6.42 Å². The van der Waals surface area contributed by atoms with E-state index in [4.69, 9.17) is 11.5 Å². The van der Waals surface area contributed by atoms with E-state index in [1.54, 1.807) is 11.3 Å². The molecule has 0 fully saturated rings. The zero-order chi connectivity index (χ0) is 9.42. The number of thiophene rings is 1. The average molecular weight is 196 g/mol. The first-order valence-electron chi connectivity index (χ1n) is 4.81. The molecule has 0 saturated carbocycles. The molecule has 2 nitrogen and oxygen atoms in total. The van der Waals surface area contributed by atoms with Gasteiger partial charge in [0.15, 0.2) is 0 Å². The Morgan fingerprint density at radius 1 is 1.62 bits per heavy atom. The van der Waals surface area contributed by atoms with Gasteiger partial charge in [0.25, 0.3) is 0 Å². The van der Waals surface area contributed by atoms with Gasteiger partial charge in [-0.25, -0.2) is 0 Å². The topological polar surface area (TPSA) is 52.0 Å². The van der Waals surface area contributed by atoms with Gasteiger partial charge in [0.1, 0.15) is 0 Å². The van der Waals surface area contributed by atoms with Crippen molar-refractivity contribution in [2.45, 2.75) is 38.3 Å². The van der Waals surface area contributed by atoms with Crippen molar-refractivity contribution in [3.63, 3.8) is 0 Å². The quantitative estimate of drug-likeness (QED) is 0.722. The molecule has 2 atom stereocenters. The van der Waals surface area contributed by atoms with Crippen molar-refractivity contribution in [3.05, 3.63) is 21.4 Å². The molecular formula is C10H16N2S. The first-order valence-corrected chi connectivity index (χ1v) is 5.69. The minimum Gasteiger partial charge on any atom is -0.324 e. The highest BCUT2D eigenvalue weighted by molar-refractivity contribution is 7.10. The Kier molecular flexibility index (Phi) is 2.41. The van der Waals surface area contributed by atoms with Crippen LogP contribution >= 0.6 is 11.3 Å². The molecule has 0 aromatic carbocycles. The first kappa shape index (κ1) is 9.19. The molecular weight excluding hydrogens is 180 g/mol. The van der Waals surface area contributed by atoms with Gasteiger partial charge in [-0.1, -0.05) is 0 Å². The maximum atomic E-state index is 6.03. The van der Waals surface area contributed by atoms with Gasteiger partial charge < -0.3 is 11.5 Å². The molecule has 2 unspecified atom stereocenters. The lowest BCUT2D eigenvalue weighted by molar-refractivity contribution is 0.569. The van der Waals surface area contributed by atoms with Crippen LogP contribution in [0.4, 0.5) is 0 Å². The third-order valence-electron chi connectivity index (χ3n) is 2.71. The van der Waals surface area contributed by atoms with Gasteiger partial charge in [-0.15, -0.1) is 11.3 Å². The van der Waals surface area contributed by atoms with Crippen LogP contribution in [0.25, 0.3) is 0 Å². The fourth-order valence-corrected chi connectivity index (χ4v) is 3.17. The summed E-state index contributed by atoms with van der Waals surface area (Å²) >= 11 is 1.77. The fraction of sp³-hybridized carbons (Fsp3) is 0.600. The van der Waals surface area contributed by atoms with Crippen LogP contribution in [0.2, 0.25) is 0 Å². The highest BCUT2D eigenvalue weighted by atomic mass is 32.1. The fourth-order valence-electron chi connectivity index (χ4n) is 2.03. The maximum absolute atomic E-state index is 6.03. The molecule has 1 aliphatic carbocycles. The smallest absolute Gasteiger partial charge is 0.0363 e. The summed E-state index contributed by atoms with van der Waals surface area (Å²) in [6, 6.07) is 0.423. The lowest BCUT2D eigenvalue weighted by atomic mass is 9.89. The van der Waals surface area contributed by atoms with Crippen molar-refractivity contribution in [1.29, 1.82) is 0 Å². The molecule has 72 valence electrons. The predicted octanol–water partition coefficient (Wildman–Crippen LogP) is 2.10. The second-order valence-electron chi connectivity index (χ2n) is 3.82. The number of hydrogen-bond acceptors (Lipinski definition) is 3. The molecule has 3 heteroatoms. The highest BCUT2D eigenvalue weighted by Gasteiger charge is 2.22. The zero-order valence-corrected chi connectivity index (χ0v) is 8.73. The summed E-state index contributed by atoms with van der Waals surface area (Å²) < 4.78 is 0. The highest BCUT2D eigenvalue weighted by Crippen LogP contribution is 2.36. The Balaban J connectivity index is 2.41. The normalized spacial score (nSPS) is 24.1. The number of fused-ring (bicyclic) bond motifs is 1. The molecule has 0 saturated heterocycles. The van der Waals surface area contributed by atoms with Crippen LogP contribution in [0, 0.1) is 0 Å². The summed E-state index contributed by atoms with van der Waals surface area (Å²) in [6.45, 7) is 2.05. The van der Waals surface area contributed by atoms with Crippen LogP contribution in [0.1, 0.15) is 47.9 Å². The van der Waals surface area contributed by atoms with Gasteiger partial charge in [0.05, 0.1) is 0 Å². The van der Waals surface area contributed by atoms with E-state index >= 15 is 0 Å². The van der Waals surface area contributed by atoms with Crippen molar-refractivity contribution in [2.24, 2.45) is 11.5 Å². The van der Waals surface area contributed by atoms with E-state index in [1.807, 2.05) is 6.92 Å². The molecule has 1 aliphatic rings. The molecule has 0 bridgehead atoms. The van der Waals surface area contributed by atoms with Gasteiger partial charge in [-0.3, -0.25) is 0 Å². The standard InChI is InChI=1S/C10H16N2S/c1-6(11)10-7-3-2-4-9(12)8(7)5-13-10/h5-6,9H,2-4,11-12H2,1H3. The largest absolute Gasteiger partial charge is 0.324 e. The van der Waals surface area contributed by atoms with E-state index in [9.17, 15) is 0 Å². The summed E-state index contributed by atoms with van der Waals surface area (Å²) in [7, 11) is 0. The van der Waals surface area contributed by atoms with Crippen LogP contribution in [0.3, 0.4) is 0 Å². The van der Waals surface area contributed by atoms with E-state index in [-0.39, 0.29) is 12.1 Å². The van der Waals surface area contributed by atoms with E-state index < -0.39 is 0 Å². The van der Waals surface area contributed by atoms with E-state index in [2.05, 4.69) is 5.38 Å². The van der Waals surface area contributed by atoms with Crippen LogP contribution in [-0.2, 0) is 6.42 Å². The Morgan fingerprint density at radius 3 is 3.08 bits per heavy atom. The minimum absolute atomic E-state index is 0.166. The Hall–Kier alpha value is -0.380. The monoisotopic (exact) mass is 196 g/mol. The van der Waals surface area contributed by atoms with Gasteiger partial charge >= 0.3 is 0 Å². The summed E-state index contributed by atoms with van der Waals surface area (Å²) in [5.74, 6) is 0. The Morgan fingerprint density at radius 2 is 2.38 bits per heavy atom. The lowest BCUT2D eigenvalue weighted by Crippen LogP contribution is -2.17. The molecule has 1 aromatic heterocycles. The summed E-state index contributed by atoms with van der Waals surface area (Å²) in [4.78, 5) is 1.34. The molecule has 13 heavy (non-hydrogen) atoms. The molecule has 4 N–H and O–H groups in total. The van der Waals surface area contributed by atoms with Crippen LogP contribution in [0.5, 0.6) is 0 Å². The summed E-state index contributed by atoms with van der Waals surface area (Å²) in [5.41, 5.74) is 14.7. The third-order valence-corrected chi connectivity index (χ3v) is 3.96. The third kappa shape index (κ3) is 1.52. The zero-order valence-electron chi connectivity index (χ0n) is 7.92. The summed E-state index contributed by atoms with van der Waals surface area (Å²) in [6.07, 6.45) is 3.51. The molecule has 0 spiro atoms. The molecule has 2 rings (SSSR count). The van der Waals surface area contributed by atoms with Gasteiger partial charge in [-0.05, 0) is 42.7 Å². The van der Waals surface area contributed by atoms with Gasteiger partial charge in [-0.2, -0.15) is 0 Å². The van der Waals surface area contributed by atoms with E-state index in [0.29, 0.717) is 0 Å². The van der Waals surface area contributed by atoms with Crippen LogP contribution in [0.15, 0.2) is 5.38 Å². The number of rotatable bonds is 1. The Bertz CT molecular complexity index is 290. The van der Waals surface area contributed by atoms with Crippen molar-refractivity contribution in [3.8, 4) is 0 Å². The average Bonchev–Trinajstić information content (AvgIpc) is 2.48. The minimum atomic E-state index is 0.166. The predicted molar refractivity (Wildman–Crippen MR) is 56.8 cm³/mol. The Labute approximate surface area is 82.9 Å². The maximum Gasteiger partial charge on any atom is 0.0363 e. The SMILES string of the molecule is CC(N)c1scc2c1CCCC2N. The van der Waals surface area contributed by atoms with Gasteiger partial charge in [0, 0.05) is 17.0 Å². The van der Waals surface area contributed by atoms with Crippen LogP contribution in [-0.4, -0.2) is 0 Å². The number of nitrogens with two attached hydrogens (primary N) is 2. The molecule has 0 amide bonds. The first-order chi connectivity index (χ1) is 6.20. The van der Waals surface area contributed by atoms with E-state index in [1.165, 1.54) is 28.8 Å². The van der Waals surface area contributed by atoms with Crippen molar-refractivity contribution in [2.75, 3.05) is 0 Å². The van der Waals surface area contributed by atoms with Crippen molar-refractivity contribution < 1.29 is 0 Å². The van der Waals surface area contributed by atoms with Gasteiger partial charge in [0.2, 0.25) is 0 Å². The molecule has 0 radical (unpaired) electrons. The van der Waals surface area contributed by atoms with Crippen molar-refractivity contribution >= 4 is 11.3 Å². The second kappa shape index (κ2) is 3.40. The van der Waals surface area contributed by atoms with Crippen LogP contribution < -0.4 is 11.5 Å². The lowest BCUT2D eigenvalue weighted by Gasteiger charge is -2.20.